The third-order valence-electron chi connectivity index (χ3n) is 1.55. The Morgan fingerprint density at radius 2 is 2.08 bits per heavy atom. The second kappa shape index (κ2) is 5.50. The monoisotopic (exact) mass is 195 g/mol. The van der Waals surface area contributed by atoms with Crippen molar-refractivity contribution in [2.45, 2.75) is 32.7 Å². The molecule has 12 heavy (non-hydrogen) atoms. The molecule has 0 aliphatic carbocycles. The minimum Gasteiger partial charge on any atom is -0.314 e. The Labute approximate surface area is 74.1 Å². The molecule has 0 aromatic carbocycles. The molecular weight excluding hydrogens is 178 g/mol. The van der Waals surface area contributed by atoms with E-state index >= 15 is 0 Å². The molecule has 74 valence electrons. The van der Waals surface area contributed by atoms with Gasteiger partial charge in [0.25, 0.3) is 10.1 Å². The second-order valence-electron chi connectivity index (χ2n) is 2.93. The van der Waals surface area contributed by atoms with Crippen LogP contribution in [-0.4, -0.2) is 31.3 Å². The lowest BCUT2D eigenvalue weighted by Gasteiger charge is -2.11. The van der Waals surface area contributed by atoms with Crippen molar-refractivity contribution in [2.24, 2.45) is 0 Å². The molecular formula is C7H17NO3S. The smallest absolute Gasteiger partial charge is 0.264 e. The molecule has 0 heterocycles. The van der Waals surface area contributed by atoms with E-state index < -0.39 is 10.1 Å². The molecule has 0 spiro atoms. The predicted molar refractivity (Wildman–Crippen MR) is 48.8 cm³/mol. The quantitative estimate of drug-likeness (QED) is 0.611. The van der Waals surface area contributed by atoms with Gasteiger partial charge in [0.15, 0.2) is 0 Å². The van der Waals surface area contributed by atoms with E-state index in [0.29, 0.717) is 6.42 Å². The first-order valence-corrected chi connectivity index (χ1v) is 5.75. The fraction of sp³-hybridized carbons (Fsp3) is 1.00. The minimum absolute atomic E-state index is 0.145. The van der Waals surface area contributed by atoms with Gasteiger partial charge in [0.05, 0.1) is 5.75 Å². The van der Waals surface area contributed by atoms with Crippen molar-refractivity contribution in [3.63, 3.8) is 0 Å². The maximum Gasteiger partial charge on any atom is 0.264 e. The molecule has 0 aliphatic rings. The van der Waals surface area contributed by atoms with Gasteiger partial charge in [0.2, 0.25) is 0 Å². The summed E-state index contributed by atoms with van der Waals surface area (Å²) in [5, 5.41) is 3.13. The highest BCUT2D eigenvalue weighted by atomic mass is 32.2. The van der Waals surface area contributed by atoms with E-state index in [4.69, 9.17) is 4.55 Å². The molecule has 0 radical (unpaired) electrons. The van der Waals surface area contributed by atoms with Crippen LogP contribution in [0.5, 0.6) is 0 Å². The lowest BCUT2D eigenvalue weighted by atomic mass is 10.2. The van der Waals surface area contributed by atoms with E-state index in [1.807, 2.05) is 13.8 Å². The zero-order chi connectivity index (χ0) is 9.61. The third-order valence-corrected chi connectivity index (χ3v) is 2.30. The number of hydrogen-bond acceptors (Lipinski definition) is 3. The Bertz CT molecular complexity index is 201. The van der Waals surface area contributed by atoms with E-state index in [2.05, 4.69) is 5.32 Å². The first-order chi connectivity index (χ1) is 5.45. The van der Waals surface area contributed by atoms with Gasteiger partial charge in [-0.15, -0.1) is 0 Å². The molecule has 0 amide bonds. The summed E-state index contributed by atoms with van der Waals surface area (Å²) in [6, 6.07) is 0.145. The van der Waals surface area contributed by atoms with Crippen LogP contribution in [0.4, 0.5) is 0 Å². The molecule has 0 saturated heterocycles. The average Bonchev–Trinajstić information content (AvgIpc) is 1.95. The molecule has 1 atom stereocenters. The zero-order valence-electron chi connectivity index (χ0n) is 7.58. The van der Waals surface area contributed by atoms with Gasteiger partial charge in [-0.3, -0.25) is 4.55 Å². The van der Waals surface area contributed by atoms with Gasteiger partial charge in [-0.1, -0.05) is 6.92 Å². The fourth-order valence-corrected chi connectivity index (χ4v) is 1.47. The maximum atomic E-state index is 10.3. The summed E-state index contributed by atoms with van der Waals surface area (Å²) >= 11 is 0. The number of rotatable bonds is 6. The third kappa shape index (κ3) is 7.97. The van der Waals surface area contributed by atoms with E-state index in [9.17, 15) is 8.42 Å². The van der Waals surface area contributed by atoms with Crippen molar-refractivity contribution in [1.82, 2.24) is 5.32 Å². The number of nitrogens with one attached hydrogen (secondary N) is 1. The van der Waals surface area contributed by atoms with Crippen molar-refractivity contribution in [2.75, 3.05) is 12.3 Å². The highest BCUT2D eigenvalue weighted by molar-refractivity contribution is 7.85. The van der Waals surface area contributed by atoms with Crippen molar-refractivity contribution in [3.8, 4) is 0 Å². The second-order valence-corrected chi connectivity index (χ2v) is 4.50. The van der Waals surface area contributed by atoms with Crippen LogP contribution in [-0.2, 0) is 10.1 Å². The van der Waals surface area contributed by atoms with Gasteiger partial charge in [0, 0.05) is 6.04 Å². The number of hydrogen-bond donors (Lipinski definition) is 2. The van der Waals surface area contributed by atoms with Crippen LogP contribution in [0, 0.1) is 0 Å². The van der Waals surface area contributed by atoms with Crippen LogP contribution in [0.1, 0.15) is 26.7 Å². The average molecular weight is 195 g/mol. The molecule has 2 N–H and O–H groups in total. The van der Waals surface area contributed by atoms with Crippen molar-refractivity contribution in [1.29, 1.82) is 0 Å². The standard InChI is InChI=1S/C7H17NO3S/c1-3-5-8-7(2)4-6-12(9,10)11/h7-8H,3-6H2,1-2H3,(H,9,10,11). The van der Waals surface area contributed by atoms with Crippen molar-refractivity contribution in [3.05, 3.63) is 0 Å². The largest absolute Gasteiger partial charge is 0.314 e. The van der Waals surface area contributed by atoms with Gasteiger partial charge >= 0.3 is 0 Å². The normalized spacial score (nSPS) is 14.6. The highest BCUT2D eigenvalue weighted by Crippen LogP contribution is 1.94. The van der Waals surface area contributed by atoms with Crippen LogP contribution < -0.4 is 5.32 Å². The lowest BCUT2D eigenvalue weighted by molar-refractivity contribution is 0.469. The summed E-state index contributed by atoms with van der Waals surface area (Å²) in [6.45, 7) is 4.83. The summed E-state index contributed by atoms with van der Waals surface area (Å²) in [6.07, 6.45) is 1.48. The Kier molecular flexibility index (Phi) is 5.44. The molecule has 5 heteroatoms. The fourth-order valence-electron chi connectivity index (χ4n) is 0.819. The summed E-state index contributed by atoms with van der Waals surface area (Å²) < 4.78 is 29.1. The summed E-state index contributed by atoms with van der Waals surface area (Å²) in [5.41, 5.74) is 0. The van der Waals surface area contributed by atoms with Crippen LogP contribution in [0.2, 0.25) is 0 Å². The molecule has 0 aliphatic heterocycles. The van der Waals surface area contributed by atoms with Gasteiger partial charge < -0.3 is 5.32 Å². The zero-order valence-corrected chi connectivity index (χ0v) is 8.39. The molecule has 0 fully saturated rings. The van der Waals surface area contributed by atoms with Gasteiger partial charge in [0.1, 0.15) is 0 Å². The molecule has 0 saturated carbocycles. The van der Waals surface area contributed by atoms with Crippen LogP contribution >= 0.6 is 0 Å². The topological polar surface area (TPSA) is 66.4 Å². The van der Waals surface area contributed by atoms with Crippen LogP contribution in [0.15, 0.2) is 0 Å². The predicted octanol–water partition coefficient (Wildman–Crippen LogP) is 0.652. The minimum atomic E-state index is -3.78. The molecule has 0 rings (SSSR count). The van der Waals surface area contributed by atoms with Gasteiger partial charge in [-0.25, -0.2) is 0 Å². The van der Waals surface area contributed by atoms with Gasteiger partial charge in [-0.2, -0.15) is 8.42 Å². The molecule has 4 nitrogen and oxygen atoms in total. The lowest BCUT2D eigenvalue weighted by Crippen LogP contribution is -2.28. The van der Waals surface area contributed by atoms with E-state index in [1.165, 1.54) is 0 Å². The molecule has 0 aromatic rings. The molecule has 1 unspecified atom stereocenters. The maximum absolute atomic E-state index is 10.3. The summed E-state index contributed by atoms with van der Waals surface area (Å²) in [4.78, 5) is 0. The summed E-state index contributed by atoms with van der Waals surface area (Å²) in [5.74, 6) is -0.162. The van der Waals surface area contributed by atoms with Crippen molar-refractivity contribution < 1.29 is 13.0 Å². The highest BCUT2D eigenvalue weighted by Gasteiger charge is 2.07. The first-order valence-electron chi connectivity index (χ1n) is 4.14. The molecule has 0 bridgehead atoms. The Hall–Kier alpha value is -0.130. The Morgan fingerprint density at radius 3 is 2.50 bits per heavy atom. The van der Waals surface area contributed by atoms with E-state index in [-0.39, 0.29) is 11.8 Å². The Morgan fingerprint density at radius 1 is 1.50 bits per heavy atom. The Balaban J connectivity index is 3.51. The first kappa shape index (κ1) is 11.9. The van der Waals surface area contributed by atoms with E-state index in [0.717, 1.165) is 13.0 Å². The van der Waals surface area contributed by atoms with Crippen LogP contribution in [0.3, 0.4) is 0 Å². The van der Waals surface area contributed by atoms with Crippen molar-refractivity contribution >= 4 is 10.1 Å². The van der Waals surface area contributed by atoms with Gasteiger partial charge in [-0.05, 0) is 26.3 Å². The molecule has 0 aromatic heterocycles. The summed E-state index contributed by atoms with van der Waals surface area (Å²) in [7, 11) is -3.78. The SMILES string of the molecule is CCCNC(C)CCS(=O)(=O)O. The van der Waals surface area contributed by atoms with E-state index in [1.54, 1.807) is 0 Å². The van der Waals surface area contributed by atoms with Crippen LogP contribution in [0.25, 0.3) is 0 Å².